The summed E-state index contributed by atoms with van der Waals surface area (Å²) < 4.78 is 16.4. The smallest absolute Gasteiger partial charge is 0.214 e. The summed E-state index contributed by atoms with van der Waals surface area (Å²) in [5, 5.41) is 0.0569. The Morgan fingerprint density at radius 2 is 1.80 bits per heavy atom. The van der Waals surface area contributed by atoms with Crippen LogP contribution in [0.25, 0.3) is 0 Å². The van der Waals surface area contributed by atoms with Gasteiger partial charge in [-0.25, -0.2) is 0 Å². The van der Waals surface area contributed by atoms with E-state index in [-0.39, 0.29) is 21.9 Å². The van der Waals surface area contributed by atoms with Crippen LogP contribution in [-0.4, -0.2) is 49.0 Å². The normalized spacial score (nSPS) is 20.4. The predicted octanol–water partition coefficient (Wildman–Crippen LogP) is 1.68. The summed E-state index contributed by atoms with van der Waals surface area (Å²) in [5.74, 6) is 3.61. The van der Waals surface area contributed by atoms with Gasteiger partial charge in [0.05, 0.1) is 13.2 Å². The highest BCUT2D eigenvalue weighted by atomic mass is 32.2. The van der Waals surface area contributed by atoms with E-state index in [0.29, 0.717) is 19.0 Å². The van der Waals surface area contributed by atoms with Crippen molar-refractivity contribution in [3.63, 3.8) is 0 Å². The molecular formula is C15H19O4S+. The Morgan fingerprint density at radius 3 is 2.55 bits per heavy atom. The SMILES string of the molecule is CC(C(=O)c1ccc2c(c1)OCCO2)[S+]1CCOCC1. The average molecular weight is 295 g/mol. The molecule has 3 rings (SSSR count). The van der Waals surface area contributed by atoms with E-state index in [0.717, 1.165) is 36.0 Å². The van der Waals surface area contributed by atoms with E-state index in [4.69, 9.17) is 14.2 Å². The number of carbonyl (C=O) groups excluding carboxylic acids is 1. The molecule has 0 radical (unpaired) electrons. The van der Waals surface area contributed by atoms with E-state index >= 15 is 0 Å². The van der Waals surface area contributed by atoms with Crippen molar-refractivity contribution in [3.8, 4) is 11.5 Å². The minimum Gasteiger partial charge on any atom is -0.486 e. The number of hydrogen-bond acceptors (Lipinski definition) is 4. The average Bonchev–Trinajstić information content (AvgIpc) is 2.54. The van der Waals surface area contributed by atoms with Crippen LogP contribution in [0.3, 0.4) is 0 Å². The molecule has 0 aromatic heterocycles. The zero-order chi connectivity index (χ0) is 13.9. The number of Topliss-reactive ketones (excluding diaryl/α,β-unsaturated/α-hetero) is 1. The van der Waals surface area contributed by atoms with Crippen LogP contribution in [0, 0.1) is 0 Å². The van der Waals surface area contributed by atoms with E-state index in [1.165, 1.54) is 0 Å². The quantitative estimate of drug-likeness (QED) is 0.628. The van der Waals surface area contributed by atoms with E-state index < -0.39 is 0 Å². The van der Waals surface area contributed by atoms with Gasteiger partial charge in [0, 0.05) is 16.5 Å². The number of ether oxygens (including phenoxy) is 3. The van der Waals surface area contributed by atoms with Gasteiger partial charge in [0.2, 0.25) is 5.78 Å². The lowest BCUT2D eigenvalue weighted by Gasteiger charge is -2.21. The first-order valence-corrected chi connectivity index (χ1v) is 8.56. The fourth-order valence-electron chi connectivity index (χ4n) is 2.47. The van der Waals surface area contributed by atoms with Crippen molar-refractivity contribution in [2.45, 2.75) is 12.2 Å². The predicted molar refractivity (Wildman–Crippen MR) is 79.1 cm³/mol. The topological polar surface area (TPSA) is 44.8 Å². The van der Waals surface area contributed by atoms with Gasteiger partial charge in [0.25, 0.3) is 0 Å². The number of benzene rings is 1. The monoisotopic (exact) mass is 295 g/mol. The Hall–Kier alpha value is -1.20. The lowest BCUT2D eigenvalue weighted by atomic mass is 10.1. The zero-order valence-electron chi connectivity index (χ0n) is 11.6. The van der Waals surface area contributed by atoms with Gasteiger partial charge in [-0.1, -0.05) is 0 Å². The molecule has 5 heteroatoms. The first kappa shape index (κ1) is 13.8. The molecule has 1 aromatic rings. The molecule has 1 fully saturated rings. The summed E-state index contributed by atoms with van der Waals surface area (Å²) in [4.78, 5) is 12.6. The Bertz CT molecular complexity index is 497. The third-order valence-corrected chi connectivity index (χ3v) is 6.27. The third-order valence-electron chi connectivity index (χ3n) is 3.68. The van der Waals surface area contributed by atoms with Crippen molar-refractivity contribution in [3.05, 3.63) is 23.8 Å². The van der Waals surface area contributed by atoms with Crippen molar-refractivity contribution in [2.75, 3.05) is 37.9 Å². The molecule has 20 heavy (non-hydrogen) atoms. The van der Waals surface area contributed by atoms with Crippen molar-refractivity contribution in [1.29, 1.82) is 0 Å². The van der Waals surface area contributed by atoms with E-state index in [2.05, 4.69) is 0 Å². The van der Waals surface area contributed by atoms with Crippen LogP contribution in [0.15, 0.2) is 18.2 Å². The molecule has 2 aliphatic heterocycles. The maximum atomic E-state index is 12.6. The van der Waals surface area contributed by atoms with Gasteiger partial charge in [0.15, 0.2) is 16.7 Å². The van der Waals surface area contributed by atoms with Crippen molar-refractivity contribution >= 4 is 16.7 Å². The molecule has 0 aliphatic carbocycles. The molecule has 4 nitrogen and oxygen atoms in total. The minimum atomic E-state index is 0.0569. The van der Waals surface area contributed by atoms with E-state index in [9.17, 15) is 4.79 Å². The Kier molecular flexibility index (Phi) is 4.17. The first-order chi connectivity index (χ1) is 9.75. The second-order valence-corrected chi connectivity index (χ2v) is 7.52. The van der Waals surface area contributed by atoms with Gasteiger partial charge in [-0.15, -0.1) is 0 Å². The fraction of sp³-hybridized carbons (Fsp3) is 0.533. The fourth-order valence-corrected chi connectivity index (χ4v) is 4.49. The van der Waals surface area contributed by atoms with Crippen LogP contribution in [0.4, 0.5) is 0 Å². The second kappa shape index (κ2) is 6.06. The molecule has 0 bridgehead atoms. The van der Waals surface area contributed by atoms with Gasteiger partial charge >= 0.3 is 0 Å². The Labute approximate surface area is 121 Å². The van der Waals surface area contributed by atoms with Crippen molar-refractivity contribution in [2.24, 2.45) is 0 Å². The van der Waals surface area contributed by atoms with Crippen LogP contribution in [0.2, 0.25) is 0 Å². The first-order valence-electron chi connectivity index (χ1n) is 6.93. The lowest BCUT2D eigenvalue weighted by molar-refractivity contribution is 0.0990. The third kappa shape index (κ3) is 2.79. The van der Waals surface area contributed by atoms with Crippen molar-refractivity contribution < 1.29 is 19.0 Å². The molecule has 0 N–H and O–H groups in total. The molecule has 2 aliphatic rings. The Morgan fingerprint density at radius 1 is 1.10 bits per heavy atom. The summed E-state index contributed by atoms with van der Waals surface area (Å²) >= 11 is 0. The van der Waals surface area contributed by atoms with E-state index in [1.807, 2.05) is 25.1 Å². The number of hydrogen-bond donors (Lipinski definition) is 0. The molecule has 0 spiro atoms. The number of fused-ring (bicyclic) bond motifs is 1. The molecular weight excluding hydrogens is 276 g/mol. The summed E-state index contributed by atoms with van der Waals surface area (Å²) in [6, 6.07) is 5.49. The molecule has 2 heterocycles. The standard InChI is InChI=1S/C15H19O4S/c1-11(20-8-6-17-7-9-20)15(16)12-2-3-13-14(10-12)19-5-4-18-13/h2-3,10-11H,4-9H2,1H3/q+1. The summed E-state index contributed by atoms with van der Waals surface area (Å²) in [6.45, 7) is 4.71. The molecule has 108 valence electrons. The molecule has 1 saturated heterocycles. The van der Waals surface area contributed by atoms with Gasteiger partial charge < -0.3 is 14.2 Å². The van der Waals surface area contributed by atoms with Gasteiger partial charge in [-0.2, -0.15) is 0 Å². The largest absolute Gasteiger partial charge is 0.486 e. The second-order valence-electron chi connectivity index (χ2n) is 4.92. The van der Waals surface area contributed by atoms with E-state index in [1.54, 1.807) is 0 Å². The molecule has 0 amide bonds. The van der Waals surface area contributed by atoms with Crippen LogP contribution in [0.5, 0.6) is 11.5 Å². The molecule has 1 aromatic carbocycles. The Balaban J connectivity index is 1.75. The maximum Gasteiger partial charge on any atom is 0.214 e. The zero-order valence-corrected chi connectivity index (χ0v) is 12.4. The van der Waals surface area contributed by atoms with Crippen molar-refractivity contribution in [1.82, 2.24) is 0 Å². The molecule has 0 saturated carbocycles. The highest BCUT2D eigenvalue weighted by Crippen LogP contribution is 2.31. The highest BCUT2D eigenvalue weighted by Gasteiger charge is 2.35. The lowest BCUT2D eigenvalue weighted by Crippen LogP contribution is -2.38. The molecule has 1 unspecified atom stereocenters. The summed E-state index contributed by atoms with van der Waals surface area (Å²) in [5.41, 5.74) is 0.723. The van der Waals surface area contributed by atoms with Crippen LogP contribution < -0.4 is 9.47 Å². The number of carbonyl (C=O) groups is 1. The highest BCUT2D eigenvalue weighted by molar-refractivity contribution is 7.98. The summed E-state index contributed by atoms with van der Waals surface area (Å²) in [7, 11) is 0.132. The number of rotatable bonds is 3. The van der Waals surface area contributed by atoms with Gasteiger partial charge in [0.1, 0.15) is 24.7 Å². The summed E-state index contributed by atoms with van der Waals surface area (Å²) in [6.07, 6.45) is 0. The number of ketones is 1. The minimum absolute atomic E-state index is 0.0569. The van der Waals surface area contributed by atoms with Crippen LogP contribution >= 0.6 is 0 Å². The molecule has 1 atom stereocenters. The van der Waals surface area contributed by atoms with Gasteiger partial charge in [-0.3, -0.25) is 4.79 Å². The van der Waals surface area contributed by atoms with Gasteiger partial charge in [-0.05, 0) is 25.1 Å². The maximum absolute atomic E-state index is 12.6. The van der Waals surface area contributed by atoms with Crippen LogP contribution in [0.1, 0.15) is 17.3 Å². The van der Waals surface area contributed by atoms with Crippen LogP contribution in [-0.2, 0) is 15.6 Å².